The normalized spacial score (nSPS) is 11.4. The maximum absolute atomic E-state index is 12.6. The van der Waals surface area contributed by atoms with Crippen molar-refractivity contribution in [2.75, 3.05) is 25.7 Å². The molecule has 6 nitrogen and oxygen atoms in total. The number of para-hydroxylation sites is 1. The van der Waals surface area contributed by atoms with Gasteiger partial charge in [0.05, 0.1) is 7.11 Å². The molecular weight excluding hydrogens is 376 g/mol. The summed E-state index contributed by atoms with van der Waals surface area (Å²) in [6.07, 6.45) is 2.51. The van der Waals surface area contributed by atoms with Crippen molar-refractivity contribution in [3.05, 3.63) is 60.2 Å². The van der Waals surface area contributed by atoms with E-state index in [0.29, 0.717) is 18.7 Å². The minimum atomic E-state index is -0.599. The number of benzene rings is 2. The minimum absolute atomic E-state index is 0.133. The number of hydrogen-bond acceptors (Lipinski definition) is 5. The molecule has 2 aromatic carbocycles. The predicted octanol–water partition coefficient (Wildman–Crippen LogP) is 2.63. The minimum Gasteiger partial charge on any atom is -0.497 e. The number of carbonyl (C=O) groups excluding carboxylic acids is 2. The van der Waals surface area contributed by atoms with E-state index in [-0.39, 0.29) is 18.4 Å². The standard InChI is InChI=1S/C21H26N2O4S/c1-26-17-10-8-16(9-11-17)14-22-21(25)19(12-13-28-2)23-20(24)15-27-18-6-4-3-5-7-18/h3-11,19H,12-15H2,1-2H3,(H,22,25)(H,23,24)/t19-/m0/s1. The van der Waals surface area contributed by atoms with Crippen LogP contribution in [0.15, 0.2) is 54.6 Å². The Morgan fingerprint density at radius 2 is 1.75 bits per heavy atom. The van der Waals surface area contributed by atoms with Crippen LogP contribution < -0.4 is 20.1 Å². The zero-order valence-corrected chi connectivity index (χ0v) is 17.0. The second-order valence-electron chi connectivity index (χ2n) is 6.07. The highest BCUT2D eigenvalue weighted by molar-refractivity contribution is 7.98. The van der Waals surface area contributed by atoms with E-state index < -0.39 is 6.04 Å². The van der Waals surface area contributed by atoms with E-state index in [1.165, 1.54) is 0 Å². The molecule has 0 unspecified atom stereocenters. The van der Waals surface area contributed by atoms with Crippen LogP contribution in [0.4, 0.5) is 0 Å². The molecule has 0 aliphatic heterocycles. The van der Waals surface area contributed by atoms with Crippen molar-refractivity contribution in [1.82, 2.24) is 10.6 Å². The van der Waals surface area contributed by atoms with Crippen LogP contribution in [-0.2, 0) is 16.1 Å². The van der Waals surface area contributed by atoms with E-state index in [9.17, 15) is 9.59 Å². The quantitative estimate of drug-likeness (QED) is 0.604. The summed E-state index contributed by atoms with van der Waals surface area (Å²) >= 11 is 1.63. The average Bonchev–Trinajstić information content (AvgIpc) is 2.74. The SMILES string of the molecule is COc1ccc(CNC(=O)[C@H](CCSC)NC(=O)COc2ccccc2)cc1. The third kappa shape index (κ3) is 7.52. The molecule has 7 heteroatoms. The number of methoxy groups -OCH3 is 1. The maximum atomic E-state index is 12.6. The summed E-state index contributed by atoms with van der Waals surface area (Å²) in [7, 11) is 1.61. The summed E-state index contributed by atoms with van der Waals surface area (Å²) in [6.45, 7) is 0.251. The molecule has 2 N–H and O–H groups in total. The van der Waals surface area contributed by atoms with Crippen LogP contribution in [-0.4, -0.2) is 43.6 Å². The zero-order valence-electron chi connectivity index (χ0n) is 16.1. The van der Waals surface area contributed by atoms with Crippen molar-refractivity contribution in [2.45, 2.75) is 19.0 Å². The van der Waals surface area contributed by atoms with E-state index in [4.69, 9.17) is 9.47 Å². The molecule has 150 valence electrons. The topological polar surface area (TPSA) is 76.7 Å². The van der Waals surface area contributed by atoms with Gasteiger partial charge in [-0.2, -0.15) is 11.8 Å². The van der Waals surface area contributed by atoms with Crippen LogP contribution in [0.2, 0.25) is 0 Å². The molecular formula is C21H26N2O4S. The number of rotatable bonds is 11. The van der Waals surface area contributed by atoms with E-state index in [1.807, 2.05) is 48.7 Å². The van der Waals surface area contributed by atoms with Crippen molar-refractivity contribution in [3.8, 4) is 11.5 Å². The number of amides is 2. The predicted molar refractivity (Wildman–Crippen MR) is 112 cm³/mol. The summed E-state index contributed by atoms with van der Waals surface area (Å²) in [5, 5.41) is 5.65. The monoisotopic (exact) mass is 402 g/mol. The van der Waals surface area contributed by atoms with Crippen molar-refractivity contribution < 1.29 is 19.1 Å². The first-order valence-corrected chi connectivity index (χ1v) is 10.4. The van der Waals surface area contributed by atoms with Gasteiger partial charge < -0.3 is 20.1 Å². The Bertz CT molecular complexity index is 738. The highest BCUT2D eigenvalue weighted by Gasteiger charge is 2.20. The van der Waals surface area contributed by atoms with Gasteiger partial charge in [0, 0.05) is 6.54 Å². The lowest BCUT2D eigenvalue weighted by molar-refractivity contribution is -0.130. The van der Waals surface area contributed by atoms with Crippen LogP contribution in [0.3, 0.4) is 0 Å². The van der Waals surface area contributed by atoms with Gasteiger partial charge in [0.25, 0.3) is 5.91 Å². The second kappa shape index (κ2) is 11.9. The first-order valence-electron chi connectivity index (χ1n) is 8.99. The molecule has 0 fully saturated rings. The molecule has 0 aliphatic carbocycles. The molecule has 0 saturated heterocycles. The fourth-order valence-electron chi connectivity index (χ4n) is 2.46. The Kier molecular flexibility index (Phi) is 9.21. The Balaban J connectivity index is 1.85. The Labute approximate surface area is 170 Å². The first-order chi connectivity index (χ1) is 13.6. The molecule has 0 aliphatic rings. The first kappa shape index (κ1) is 21.6. The van der Waals surface area contributed by atoms with Gasteiger partial charge in [-0.25, -0.2) is 0 Å². The van der Waals surface area contributed by atoms with Crippen molar-refractivity contribution in [3.63, 3.8) is 0 Å². The fourth-order valence-corrected chi connectivity index (χ4v) is 2.93. The van der Waals surface area contributed by atoms with Gasteiger partial charge in [0.1, 0.15) is 17.5 Å². The summed E-state index contributed by atoms with van der Waals surface area (Å²) in [5.41, 5.74) is 0.955. The third-order valence-corrected chi connectivity index (χ3v) is 4.65. The molecule has 0 radical (unpaired) electrons. The number of carbonyl (C=O) groups is 2. The van der Waals surface area contributed by atoms with E-state index in [2.05, 4.69) is 10.6 Å². The summed E-state index contributed by atoms with van der Waals surface area (Å²) in [6, 6.07) is 16.0. The molecule has 0 bridgehead atoms. The van der Waals surface area contributed by atoms with E-state index >= 15 is 0 Å². The van der Waals surface area contributed by atoms with Crippen molar-refractivity contribution in [1.29, 1.82) is 0 Å². The fraction of sp³-hybridized carbons (Fsp3) is 0.333. The summed E-state index contributed by atoms with van der Waals surface area (Å²) in [5.74, 6) is 1.61. The van der Waals surface area contributed by atoms with Gasteiger partial charge in [-0.15, -0.1) is 0 Å². The molecule has 2 rings (SSSR count). The molecule has 2 amide bonds. The molecule has 28 heavy (non-hydrogen) atoms. The van der Waals surface area contributed by atoms with Crippen LogP contribution in [0.1, 0.15) is 12.0 Å². The largest absolute Gasteiger partial charge is 0.497 e. The highest BCUT2D eigenvalue weighted by Crippen LogP contribution is 2.11. The van der Waals surface area contributed by atoms with Crippen LogP contribution in [0.25, 0.3) is 0 Å². The Hall–Kier alpha value is -2.67. The van der Waals surface area contributed by atoms with Crippen LogP contribution in [0, 0.1) is 0 Å². The number of ether oxygens (including phenoxy) is 2. The Morgan fingerprint density at radius 3 is 2.39 bits per heavy atom. The van der Waals surface area contributed by atoms with Gasteiger partial charge in [0.15, 0.2) is 6.61 Å². The zero-order chi connectivity index (χ0) is 20.2. The van der Waals surface area contributed by atoms with Crippen LogP contribution >= 0.6 is 11.8 Å². The number of thioether (sulfide) groups is 1. The van der Waals surface area contributed by atoms with E-state index in [1.54, 1.807) is 31.0 Å². The average molecular weight is 403 g/mol. The number of nitrogens with one attached hydrogen (secondary N) is 2. The summed E-state index contributed by atoms with van der Waals surface area (Å²) < 4.78 is 10.6. The van der Waals surface area contributed by atoms with Gasteiger partial charge >= 0.3 is 0 Å². The van der Waals surface area contributed by atoms with Gasteiger partial charge in [-0.1, -0.05) is 30.3 Å². The third-order valence-electron chi connectivity index (χ3n) is 4.00. The lowest BCUT2D eigenvalue weighted by Crippen LogP contribution is -2.48. The van der Waals surface area contributed by atoms with E-state index in [0.717, 1.165) is 17.1 Å². The second-order valence-corrected chi connectivity index (χ2v) is 7.05. The molecule has 0 heterocycles. The molecule has 0 spiro atoms. The molecule has 0 saturated carbocycles. The van der Waals surface area contributed by atoms with Crippen molar-refractivity contribution >= 4 is 23.6 Å². The summed E-state index contributed by atoms with van der Waals surface area (Å²) in [4.78, 5) is 24.8. The molecule has 1 atom stereocenters. The highest BCUT2D eigenvalue weighted by atomic mass is 32.2. The van der Waals surface area contributed by atoms with Gasteiger partial charge in [-0.3, -0.25) is 9.59 Å². The van der Waals surface area contributed by atoms with Gasteiger partial charge in [0.2, 0.25) is 5.91 Å². The Morgan fingerprint density at radius 1 is 1.04 bits per heavy atom. The number of hydrogen-bond donors (Lipinski definition) is 2. The maximum Gasteiger partial charge on any atom is 0.258 e. The van der Waals surface area contributed by atoms with Crippen molar-refractivity contribution in [2.24, 2.45) is 0 Å². The lowest BCUT2D eigenvalue weighted by atomic mass is 10.2. The van der Waals surface area contributed by atoms with Crippen LogP contribution in [0.5, 0.6) is 11.5 Å². The molecule has 2 aromatic rings. The smallest absolute Gasteiger partial charge is 0.258 e. The molecule has 0 aromatic heterocycles. The van der Waals surface area contributed by atoms with Gasteiger partial charge in [-0.05, 0) is 48.3 Å². The lowest BCUT2D eigenvalue weighted by Gasteiger charge is -2.18.